The summed E-state index contributed by atoms with van der Waals surface area (Å²) in [7, 11) is -2.87. The summed E-state index contributed by atoms with van der Waals surface area (Å²) >= 11 is 0. The molecule has 1 aliphatic heterocycles. The van der Waals surface area contributed by atoms with Crippen molar-refractivity contribution in [1.29, 1.82) is 0 Å². The molecule has 0 aromatic heterocycles. The van der Waals surface area contributed by atoms with Crippen LogP contribution >= 0.6 is 7.49 Å². The predicted molar refractivity (Wildman–Crippen MR) is 190 cm³/mol. The van der Waals surface area contributed by atoms with Crippen molar-refractivity contribution in [2.45, 2.75) is 5.41 Å². The summed E-state index contributed by atoms with van der Waals surface area (Å²) < 4.78 is 6.75. The van der Waals surface area contributed by atoms with E-state index in [0.717, 1.165) is 49.7 Å². The molecule has 0 fully saturated rings. The monoisotopic (exact) mass is 609 g/mol. The highest BCUT2D eigenvalue weighted by Gasteiger charge is 2.51. The Hall–Kier alpha value is -5.27. The minimum Gasteiger partial charge on any atom is -0.457 e. The average molecular weight is 610 g/mol. The highest BCUT2D eigenvalue weighted by Crippen LogP contribution is 2.62. The van der Waals surface area contributed by atoms with Gasteiger partial charge in [0.2, 0.25) is 7.49 Å². The molecule has 0 amide bonds. The fourth-order valence-corrected chi connectivity index (χ4v) is 10.4. The number of para-hydroxylation sites is 1. The first-order valence-electron chi connectivity index (χ1n) is 15.6. The molecule has 0 radical (unpaired) electrons. The molecule has 7 aromatic rings. The third kappa shape index (κ3) is 3.78. The van der Waals surface area contributed by atoms with Crippen LogP contribution in [0, 0.1) is 0 Å². The van der Waals surface area contributed by atoms with Crippen molar-refractivity contribution in [1.82, 2.24) is 0 Å². The Balaban J connectivity index is 1.24. The molecule has 0 saturated heterocycles. The van der Waals surface area contributed by atoms with Crippen molar-refractivity contribution in [2.75, 3.05) is 0 Å². The molecule has 3 heteroatoms. The fourth-order valence-electron chi connectivity index (χ4n) is 7.66. The van der Waals surface area contributed by atoms with Gasteiger partial charge >= 0.3 is 0 Å². The predicted octanol–water partition coefficient (Wildman–Crippen LogP) is 9.02. The molecule has 1 aliphatic carbocycles. The minimum absolute atomic E-state index is 0.482. The van der Waals surface area contributed by atoms with Crippen LogP contribution < -0.4 is 20.7 Å². The lowest BCUT2D eigenvalue weighted by Gasteiger charge is -2.39. The Labute approximate surface area is 269 Å². The summed E-state index contributed by atoms with van der Waals surface area (Å²) in [6.45, 7) is 0. The zero-order valence-electron chi connectivity index (χ0n) is 25.0. The molecule has 0 unspecified atom stereocenters. The second kappa shape index (κ2) is 10.4. The van der Waals surface area contributed by atoms with Gasteiger partial charge < -0.3 is 4.74 Å². The van der Waals surface area contributed by atoms with E-state index < -0.39 is 12.9 Å². The third-order valence-corrected chi connectivity index (χ3v) is 12.8. The maximum Gasteiger partial charge on any atom is 0.238 e. The van der Waals surface area contributed by atoms with Gasteiger partial charge in [0.05, 0.1) is 5.41 Å². The van der Waals surface area contributed by atoms with Gasteiger partial charge in [-0.25, -0.2) is 4.89 Å². The zero-order valence-corrected chi connectivity index (χ0v) is 25.9. The quantitative estimate of drug-likeness (QED) is 0.202. The standard InChI is InChI=1S/C43H30O2P/c44-46(32-15-3-1-4-16-32,33-17-5-2-6-18-33)34-19-13-14-30(28-34)31-26-27-40-42(29-31)45-41-25-12-11-24-39(41)43(40)37-22-9-7-20-35(37)36-21-8-10-23-38(36)43/h1-29,44H/q+1. The van der Waals surface area contributed by atoms with Gasteiger partial charge in [0.15, 0.2) is 0 Å². The lowest BCUT2D eigenvalue weighted by atomic mass is 9.66. The molecule has 0 bridgehead atoms. The molecule has 9 rings (SSSR count). The fraction of sp³-hybridized carbons (Fsp3) is 0.0233. The highest BCUT2D eigenvalue weighted by molar-refractivity contribution is 7.91. The van der Waals surface area contributed by atoms with Crippen molar-refractivity contribution >= 4 is 23.4 Å². The molecule has 2 aliphatic rings. The second-order valence-corrected chi connectivity index (χ2v) is 14.8. The third-order valence-electron chi connectivity index (χ3n) is 9.66. The van der Waals surface area contributed by atoms with Crippen LogP contribution in [0.5, 0.6) is 11.5 Å². The van der Waals surface area contributed by atoms with E-state index in [0.29, 0.717) is 0 Å². The van der Waals surface area contributed by atoms with Crippen LogP contribution in [0.4, 0.5) is 0 Å². The van der Waals surface area contributed by atoms with E-state index >= 15 is 0 Å². The molecule has 0 saturated carbocycles. The van der Waals surface area contributed by atoms with Gasteiger partial charge in [0.1, 0.15) is 27.4 Å². The molecular formula is C43H30O2P+. The number of benzene rings is 7. The molecule has 2 nitrogen and oxygen atoms in total. The molecule has 7 aromatic carbocycles. The van der Waals surface area contributed by atoms with Gasteiger partial charge in [0, 0.05) is 11.1 Å². The van der Waals surface area contributed by atoms with Crippen LogP contribution in [-0.4, -0.2) is 4.89 Å². The average Bonchev–Trinajstić information content (AvgIpc) is 3.43. The van der Waals surface area contributed by atoms with Crippen molar-refractivity contribution in [3.63, 3.8) is 0 Å². The first-order valence-corrected chi connectivity index (χ1v) is 17.4. The number of hydrogen-bond donors (Lipinski definition) is 1. The lowest BCUT2D eigenvalue weighted by molar-refractivity contribution is 0.436. The Bertz CT molecular complexity index is 2170. The Kier molecular flexibility index (Phi) is 6.12. The number of fused-ring (bicyclic) bond motifs is 9. The summed E-state index contributed by atoms with van der Waals surface area (Å²) in [5, 5.41) is 2.79. The van der Waals surface area contributed by atoms with Crippen LogP contribution in [0.2, 0.25) is 0 Å². The minimum atomic E-state index is -2.87. The van der Waals surface area contributed by atoms with Crippen LogP contribution in [0.1, 0.15) is 22.3 Å². The van der Waals surface area contributed by atoms with Crippen LogP contribution in [0.3, 0.4) is 0 Å². The van der Waals surface area contributed by atoms with Gasteiger partial charge in [0.25, 0.3) is 0 Å². The van der Waals surface area contributed by atoms with Crippen molar-refractivity contribution in [3.8, 4) is 33.8 Å². The zero-order chi connectivity index (χ0) is 30.7. The summed E-state index contributed by atoms with van der Waals surface area (Å²) in [5.74, 6) is 1.73. The summed E-state index contributed by atoms with van der Waals surface area (Å²) in [4.78, 5) is 12.6. The van der Waals surface area contributed by atoms with E-state index in [1.807, 2.05) is 60.7 Å². The molecule has 1 heterocycles. The Morgan fingerprint density at radius 1 is 0.391 bits per heavy atom. The number of rotatable bonds is 4. The van der Waals surface area contributed by atoms with E-state index in [4.69, 9.17) is 4.74 Å². The van der Waals surface area contributed by atoms with E-state index in [9.17, 15) is 4.89 Å². The van der Waals surface area contributed by atoms with E-state index in [-0.39, 0.29) is 0 Å². The van der Waals surface area contributed by atoms with Gasteiger partial charge in [-0.05, 0) is 81.9 Å². The maximum atomic E-state index is 12.6. The largest absolute Gasteiger partial charge is 0.457 e. The molecular weight excluding hydrogens is 579 g/mol. The van der Waals surface area contributed by atoms with E-state index in [1.165, 1.54) is 22.3 Å². The van der Waals surface area contributed by atoms with Crippen molar-refractivity contribution in [3.05, 3.63) is 198 Å². The van der Waals surface area contributed by atoms with Gasteiger partial charge in [-0.15, -0.1) is 0 Å². The topological polar surface area (TPSA) is 29.5 Å². The summed E-state index contributed by atoms with van der Waals surface area (Å²) in [6.07, 6.45) is 0. The van der Waals surface area contributed by atoms with Gasteiger partial charge in [-0.1, -0.05) is 127 Å². The van der Waals surface area contributed by atoms with E-state index in [1.54, 1.807) is 0 Å². The van der Waals surface area contributed by atoms with Crippen LogP contribution in [-0.2, 0) is 5.41 Å². The van der Waals surface area contributed by atoms with Crippen molar-refractivity contribution in [2.24, 2.45) is 0 Å². The number of ether oxygens (including phenoxy) is 1. The molecule has 46 heavy (non-hydrogen) atoms. The first kappa shape index (κ1) is 27.1. The molecule has 218 valence electrons. The number of hydrogen-bond acceptors (Lipinski definition) is 2. The normalized spacial score (nSPS) is 13.7. The van der Waals surface area contributed by atoms with Gasteiger partial charge in [-0.2, -0.15) is 0 Å². The lowest BCUT2D eigenvalue weighted by Crippen LogP contribution is -2.32. The summed E-state index contributed by atoms with van der Waals surface area (Å²) in [5.41, 5.74) is 9.00. The summed E-state index contributed by atoms with van der Waals surface area (Å²) in [6, 6.07) is 61.2. The SMILES string of the molecule is O[P+](c1ccccc1)(c1ccccc1)c1cccc(-c2ccc3c(c2)Oc2ccccc2C32c3ccccc3-c3ccccc32)c1. The Morgan fingerprint density at radius 3 is 1.54 bits per heavy atom. The van der Waals surface area contributed by atoms with Crippen molar-refractivity contribution < 1.29 is 9.63 Å². The maximum absolute atomic E-state index is 12.6. The Morgan fingerprint density at radius 2 is 0.891 bits per heavy atom. The molecule has 1 spiro atoms. The second-order valence-electron chi connectivity index (χ2n) is 12.0. The van der Waals surface area contributed by atoms with Crippen LogP contribution in [0.25, 0.3) is 22.3 Å². The molecule has 1 N–H and O–H groups in total. The smallest absolute Gasteiger partial charge is 0.238 e. The first-order chi connectivity index (χ1) is 22.7. The highest BCUT2D eigenvalue weighted by atomic mass is 31.2. The molecule has 0 atom stereocenters. The van der Waals surface area contributed by atoms with Crippen LogP contribution in [0.15, 0.2) is 176 Å². The van der Waals surface area contributed by atoms with E-state index in [2.05, 4.69) is 115 Å². The van der Waals surface area contributed by atoms with Gasteiger partial charge in [-0.3, -0.25) is 0 Å².